The number of nitrogens with one attached hydrogen (secondary N) is 1. The van der Waals surface area contributed by atoms with E-state index in [1.165, 1.54) is 5.30 Å². The Hall–Kier alpha value is -0.430. The van der Waals surface area contributed by atoms with Crippen molar-refractivity contribution in [3.05, 3.63) is 30.3 Å². The minimum atomic E-state index is -0.517. The predicted octanol–water partition coefficient (Wildman–Crippen LogP) is 1.63. The van der Waals surface area contributed by atoms with Crippen LogP contribution in [-0.4, -0.2) is 13.2 Å². The Morgan fingerprint density at radius 3 is 2.75 bits per heavy atom. The van der Waals surface area contributed by atoms with Gasteiger partial charge in [-0.15, -0.1) is 0 Å². The molecule has 12 heavy (non-hydrogen) atoms. The molecule has 0 aromatic heterocycles. The first kappa shape index (κ1) is 8.18. The van der Waals surface area contributed by atoms with Gasteiger partial charge in [0.25, 0.3) is 0 Å². The lowest BCUT2D eigenvalue weighted by Crippen LogP contribution is -2.24. The topological polar surface area (TPSA) is 21.3 Å². The van der Waals surface area contributed by atoms with Crippen LogP contribution >= 0.6 is 8.30 Å². The molecular weight excluding hydrogens is 169 g/mol. The van der Waals surface area contributed by atoms with Gasteiger partial charge in [0, 0.05) is 11.8 Å². The molecule has 0 saturated carbocycles. The van der Waals surface area contributed by atoms with Crippen LogP contribution in [0, 0.1) is 0 Å². The largest absolute Gasteiger partial charge is 0.340 e. The molecule has 1 heterocycles. The number of hydrogen-bond donors (Lipinski definition) is 1. The Labute approximate surface area is 73.8 Å². The summed E-state index contributed by atoms with van der Waals surface area (Å²) in [6, 6.07) is 10.4. The maximum Gasteiger partial charge on any atom is 0.134 e. The van der Waals surface area contributed by atoms with Gasteiger partial charge in [-0.05, 0) is 6.42 Å². The molecule has 1 N–H and O–H groups in total. The van der Waals surface area contributed by atoms with Crippen LogP contribution in [0.1, 0.15) is 6.42 Å². The zero-order valence-corrected chi connectivity index (χ0v) is 7.76. The Kier molecular flexibility index (Phi) is 2.72. The van der Waals surface area contributed by atoms with Crippen molar-refractivity contribution in [2.45, 2.75) is 6.42 Å². The molecule has 1 aromatic rings. The fraction of sp³-hybridized carbons (Fsp3) is 0.333. The Bertz CT molecular complexity index is 234. The van der Waals surface area contributed by atoms with Crippen molar-refractivity contribution in [2.24, 2.45) is 0 Å². The molecule has 1 saturated heterocycles. The fourth-order valence-corrected chi connectivity index (χ4v) is 2.72. The Morgan fingerprint density at radius 1 is 1.25 bits per heavy atom. The second-order valence-electron chi connectivity index (χ2n) is 2.72. The van der Waals surface area contributed by atoms with Gasteiger partial charge in [-0.1, -0.05) is 30.3 Å². The van der Waals surface area contributed by atoms with Crippen LogP contribution in [0.25, 0.3) is 0 Å². The van der Waals surface area contributed by atoms with Crippen LogP contribution in [0.4, 0.5) is 0 Å². The van der Waals surface area contributed by atoms with E-state index in [2.05, 4.69) is 29.4 Å². The summed E-state index contributed by atoms with van der Waals surface area (Å²) in [6.45, 7) is 1.98. The molecule has 0 spiro atoms. The minimum Gasteiger partial charge on any atom is -0.340 e. The molecule has 0 bridgehead atoms. The molecule has 1 fully saturated rings. The molecule has 3 heteroatoms. The number of rotatable bonds is 1. The molecule has 1 aliphatic heterocycles. The second kappa shape index (κ2) is 3.99. The van der Waals surface area contributed by atoms with Crippen molar-refractivity contribution in [1.29, 1.82) is 0 Å². The van der Waals surface area contributed by atoms with E-state index in [-0.39, 0.29) is 0 Å². The van der Waals surface area contributed by atoms with Gasteiger partial charge in [0.15, 0.2) is 0 Å². The zero-order chi connectivity index (χ0) is 8.23. The highest BCUT2D eigenvalue weighted by molar-refractivity contribution is 7.58. The molecule has 0 aliphatic carbocycles. The summed E-state index contributed by atoms with van der Waals surface area (Å²) >= 11 is 0. The third kappa shape index (κ3) is 1.84. The van der Waals surface area contributed by atoms with Gasteiger partial charge in [-0.3, -0.25) is 5.09 Å². The van der Waals surface area contributed by atoms with Crippen molar-refractivity contribution in [3.63, 3.8) is 0 Å². The zero-order valence-electron chi connectivity index (χ0n) is 6.86. The molecule has 64 valence electrons. The second-order valence-corrected chi connectivity index (χ2v) is 4.40. The van der Waals surface area contributed by atoms with E-state index in [9.17, 15) is 0 Å². The Balaban J connectivity index is 2.08. The molecule has 1 aromatic carbocycles. The summed E-state index contributed by atoms with van der Waals surface area (Å²) in [5.41, 5.74) is 0. The van der Waals surface area contributed by atoms with Crippen molar-refractivity contribution < 1.29 is 4.52 Å². The third-order valence-electron chi connectivity index (χ3n) is 1.79. The van der Waals surface area contributed by atoms with Gasteiger partial charge >= 0.3 is 0 Å². The van der Waals surface area contributed by atoms with Gasteiger partial charge in [0.2, 0.25) is 0 Å². The molecular formula is C9H12NOP. The average Bonchev–Trinajstić information content (AvgIpc) is 2.21. The van der Waals surface area contributed by atoms with Crippen molar-refractivity contribution in [3.8, 4) is 0 Å². The summed E-state index contributed by atoms with van der Waals surface area (Å²) in [5, 5.41) is 4.66. The van der Waals surface area contributed by atoms with Crippen molar-refractivity contribution in [2.75, 3.05) is 13.2 Å². The quantitative estimate of drug-likeness (QED) is 0.665. The molecule has 1 atom stereocenters. The first-order valence-electron chi connectivity index (χ1n) is 4.18. The SMILES string of the molecule is c1ccc(P2NCCCO2)cc1. The van der Waals surface area contributed by atoms with Crippen LogP contribution in [0.5, 0.6) is 0 Å². The van der Waals surface area contributed by atoms with Crippen molar-refractivity contribution in [1.82, 2.24) is 5.09 Å². The highest BCUT2D eigenvalue weighted by atomic mass is 31.2. The van der Waals surface area contributed by atoms with E-state index < -0.39 is 8.30 Å². The molecule has 2 nitrogen and oxygen atoms in total. The first-order valence-corrected chi connectivity index (χ1v) is 5.44. The van der Waals surface area contributed by atoms with Crippen LogP contribution in [0.3, 0.4) is 0 Å². The van der Waals surface area contributed by atoms with Crippen LogP contribution < -0.4 is 10.4 Å². The third-order valence-corrected chi connectivity index (χ3v) is 3.51. The number of hydrogen-bond acceptors (Lipinski definition) is 2. The summed E-state index contributed by atoms with van der Waals surface area (Å²) in [4.78, 5) is 0. The van der Waals surface area contributed by atoms with E-state index >= 15 is 0 Å². The van der Waals surface area contributed by atoms with E-state index in [1.54, 1.807) is 0 Å². The fourth-order valence-electron chi connectivity index (χ4n) is 1.18. The van der Waals surface area contributed by atoms with E-state index in [0.29, 0.717) is 0 Å². The molecule has 0 radical (unpaired) electrons. The average molecular weight is 181 g/mol. The predicted molar refractivity (Wildman–Crippen MR) is 51.6 cm³/mol. The standard InChI is InChI=1S/C9H12NOP/c1-2-5-9(6-3-1)12-10-7-4-8-11-12/h1-3,5-6,10H,4,7-8H2. The smallest absolute Gasteiger partial charge is 0.134 e. The highest BCUT2D eigenvalue weighted by Gasteiger charge is 2.14. The summed E-state index contributed by atoms with van der Waals surface area (Å²) in [6.07, 6.45) is 1.13. The van der Waals surface area contributed by atoms with Crippen molar-refractivity contribution >= 4 is 13.6 Å². The van der Waals surface area contributed by atoms with Gasteiger partial charge < -0.3 is 4.52 Å². The van der Waals surface area contributed by atoms with Crippen LogP contribution in [0.15, 0.2) is 30.3 Å². The van der Waals surface area contributed by atoms with E-state index in [4.69, 9.17) is 4.52 Å². The van der Waals surface area contributed by atoms with E-state index in [0.717, 1.165) is 19.6 Å². The van der Waals surface area contributed by atoms with Crippen LogP contribution in [0.2, 0.25) is 0 Å². The lowest BCUT2D eigenvalue weighted by atomic mass is 10.4. The Morgan fingerprint density at radius 2 is 2.08 bits per heavy atom. The summed E-state index contributed by atoms with van der Waals surface area (Å²) in [5.74, 6) is 0. The first-order chi connectivity index (χ1) is 5.97. The summed E-state index contributed by atoms with van der Waals surface area (Å²) in [7, 11) is -0.517. The molecule has 0 amide bonds. The molecule has 1 unspecified atom stereocenters. The van der Waals surface area contributed by atoms with Gasteiger partial charge in [0.1, 0.15) is 8.30 Å². The minimum absolute atomic E-state index is 0.517. The normalized spacial score (nSPS) is 23.8. The van der Waals surface area contributed by atoms with Gasteiger partial charge in [-0.25, -0.2) is 0 Å². The van der Waals surface area contributed by atoms with Gasteiger partial charge in [-0.2, -0.15) is 0 Å². The maximum absolute atomic E-state index is 5.62. The highest BCUT2D eigenvalue weighted by Crippen LogP contribution is 2.32. The molecule has 1 aliphatic rings. The van der Waals surface area contributed by atoms with E-state index in [1.807, 2.05) is 6.07 Å². The maximum atomic E-state index is 5.62. The number of benzene rings is 1. The summed E-state index contributed by atoms with van der Waals surface area (Å²) < 4.78 is 5.62. The lowest BCUT2D eigenvalue weighted by molar-refractivity contribution is 0.322. The molecule has 2 rings (SSSR count). The monoisotopic (exact) mass is 181 g/mol. The lowest BCUT2D eigenvalue weighted by Gasteiger charge is -2.23. The van der Waals surface area contributed by atoms with Gasteiger partial charge in [0.05, 0.1) is 6.61 Å². The van der Waals surface area contributed by atoms with Crippen LogP contribution in [-0.2, 0) is 4.52 Å².